The fourth-order valence-corrected chi connectivity index (χ4v) is 4.55. The summed E-state index contributed by atoms with van der Waals surface area (Å²) in [5.41, 5.74) is 0. The molecule has 0 aromatic rings. The van der Waals surface area contributed by atoms with Crippen LogP contribution in [-0.2, 0) is 11.1 Å². The summed E-state index contributed by atoms with van der Waals surface area (Å²) < 4.78 is 23.4. The normalized spacial score (nSPS) is 24.0. The minimum atomic E-state index is -2.10. The zero-order chi connectivity index (χ0) is 16.0. The van der Waals surface area contributed by atoms with Crippen LogP contribution < -0.4 is 0 Å². The average Bonchev–Trinajstić information content (AvgIpc) is 2.41. The van der Waals surface area contributed by atoms with Gasteiger partial charge in [-0.2, -0.15) is 0 Å². The zero-order valence-corrected chi connectivity index (χ0v) is 14.6. The Morgan fingerprint density at radius 2 is 1.90 bits per heavy atom. The minimum absolute atomic E-state index is 0.114. The summed E-state index contributed by atoms with van der Waals surface area (Å²) in [6.07, 6.45) is 4.24. The molecule has 1 heterocycles. The molecule has 1 fully saturated rings. The maximum absolute atomic E-state index is 11.7. The van der Waals surface area contributed by atoms with Crippen LogP contribution in [0.1, 0.15) is 46.0 Å². The van der Waals surface area contributed by atoms with E-state index in [1.165, 1.54) is 0 Å². The number of nitrogens with zero attached hydrogens (tertiary/aromatic N) is 2. The Kier molecular flexibility index (Phi) is 8.34. The number of likely N-dealkylation sites (tertiary alicyclic amines) is 1. The molecule has 1 rings (SSSR count). The predicted molar refractivity (Wildman–Crippen MR) is 85.7 cm³/mol. The summed E-state index contributed by atoms with van der Waals surface area (Å²) in [6.45, 7) is 5.98. The lowest BCUT2D eigenvalue weighted by Gasteiger charge is -2.44. The number of hydrogen-bond donors (Lipinski definition) is 1. The van der Waals surface area contributed by atoms with E-state index < -0.39 is 16.5 Å². The fourth-order valence-electron chi connectivity index (χ4n) is 3.61. The Morgan fingerprint density at radius 3 is 2.29 bits per heavy atom. The second kappa shape index (κ2) is 9.20. The van der Waals surface area contributed by atoms with Gasteiger partial charge < -0.3 is 9.66 Å². The summed E-state index contributed by atoms with van der Waals surface area (Å²) >= 11 is -2.10. The summed E-state index contributed by atoms with van der Waals surface area (Å²) in [4.78, 5) is 4.21. The molecule has 0 bridgehead atoms. The molecule has 0 amide bonds. The lowest BCUT2D eigenvalue weighted by atomic mass is 9.89. The van der Waals surface area contributed by atoms with Gasteiger partial charge in [0, 0.05) is 25.0 Å². The van der Waals surface area contributed by atoms with Crippen molar-refractivity contribution in [2.24, 2.45) is 5.92 Å². The van der Waals surface area contributed by atoms with Crippen LogP contribution in [0.3, 0.4) is 0 Å². The first kappa shape index (κ1) is 19.0. The van der Waals surface area contributed by atoms with E-state index in [2.05, 4.69) is 18.7 Å². The Bertz CT molecular complexity index is 320. The minimum Gasteiger partial charge on any atom is -0.771 e. The van der Waals surface area contributed by atoms with Crippen molar-refractivity contribution >= 4 is 11.1 Å². The molecule has 5 nitrogen and oxygen atoms in total. The SMILES string of the molecule is CCCC(C(CC)N1CCC(O)CC1)C(N(C)C)S(=O)[O-]. The first-order valence-corrected chi connectivity index (χ1v) is 9.22. The average molecular weight is 319 g/mol. The van der Waals surface area contributed by atoms with Crippen LogP contribution >= 0.6 is 0 Å². The third kappa shape index (κ3) is 5.28. The van der Waals surface area contributed by atoms with Gasteiger partial charge in [-0.25, -0.2) is 0 Å². The highest BCUT2D eigenvalue weighted by Gasteiger charge is 2.35. The predicted octanol–water partition coefficient (Wildman–Crippen LogP) is 1.40. The van der Waals surface area contributed by atoms with Gasteiger partial charge in [0.05, 0.1) is 11.5 Å². The van der Waals surface area contributed by atoms with Gasteiger partial charge in [-0.05, 0) is 50.9 Å². The molecule has 4 unspecified atom stereocenters. The monoisotopic (exact) mass is 319 g/mol. The fraction of sp³-hybridized carbons (Fsp3) is 1.00. The van der Waals surface area contributed by atoms with Crippen LogP contribution in [0.15, 0.2) is 0 Å². The summed E-state index contributed by atoms with van der Waals surface area (Å²) in [5, 5.41) is 9.23. The highest BCUT2D eigenvalue weighted by molar-refractivity contribution is 7.79. The molecule has 0 aromatic carbocycles. The van der Waals surface area contributed by atoms with E-state index in [-0.39, 0.29) is 18.1 Å². The molecule has 1 saturated heterocycles. The molecule has 0 aliphatic carbocycles. The Morgan fingerprint density at radius 1 is 1.33 bits per heavy atom. The van der Waals surface area contributed by atoms with Gasteiger partial charge in [0.15, 0.2) is 0 Å². The molecule has 21 heavy (non-hydrogen) atoms. The molecule has 0 radical (unpaired) electrons. The largest absolute Gasteiger partial charge is 0.771 e. The first-order chi connectivity index (χ1) is 9.92. The number of aliphatic hydroxyl groups excluding tert-OH is 1. The maximum Gasteiger partial charge on any atom is 0.0765 e. The van der Waals surface area contributed by atoms with Crippen LogP contribution in [0.2, 0.25) is 0 Å². The van der Waals surface area contributed by atoms with Crippen molar-refractivity contribution in [2.45, 2.75) is 63.5 Å². The van der Waals surface area contributed by atoms with Crippen LogP contribution in [0.5, 0.6) is 0 Å². The highest BCUT2D eigenvalue weighted by atomic mass is 32.2. The summed E-state index contributed by atoms with van der Waals surface area (Å²) in [5.74, 6) is 0.114. The second-order valence-electron chi connectivity index (χ2n) is 6.31. The van der Waals surface area contributed by atoms with Gasteiger partial charge in [-0.3, -0.25) is 14.0 Å². The van der Waals surface area contributed by atoms with Crippen LogP contribution in [0.25, 0.3) is 0 Å². The Hall–Kier alpha value is -0.0100. The molecule has 6 heteroatoms. The summed E-state index contributed by atoms with van der Waals surface area (Å²) in [6, 6.07) is 0.266. The van der Waals surface area contributed by atoms with Crippen molar-refractivity contribution in [3.05, 3.63) is 0 Å². The molecule has 1 N–H and O–H groups in total. The van der Waals surface area contributed by atoms with E-state index in [9.17, 15) is 13.9 Å². The maximum atomic E-state index is 11.7. The van der Waals surface area contributed by atoms with Gasteiger partial charge in [-0.15, -0.1) is 0 Å². The molecule has 0 aromatic heterocycles. The van der Waals surface area contributed by atoms with Crippen molar-refractivity contribution in [3.8, 4) is 0 Å². The van der Waals surface area contributed by atoms with Crippen molar-refractivity contribution in [1.82, 2.24) is 9.80 Å². The standard InChI is InChI=1S/C15H32N2O3S/c1-5-7-13(15(16(3)4)21(19)20)14(6-2)17-10-8-12(18)9-11-17/h12-15,18H,5-11H2,1-4H3,(H,19,20)/p-1. The van der Waals surface area contributed by atoms with Gasteiger partial charge in [0.25, 0.3) is 0 Å². The lowest BCUT2D eigenvalue weighted by molar-refractivity contribution is 0.0310. The molecule has 1 aliphatic rings. The summed E-state index contributed by atoms with van der Waals surface area (Å²) in [7, 11) is 3.69. The smallest absolute Gasteiger partial charge is 0.0765 e. The number of piperidine rings is 1. The first-order valence-electron chi connectivity index (χ1n) is 8.08. The topological polar surface area (TPSA) is 66.8 Å². The van der Waals surface area contributed by atoms with E-state index in [0.29, 0.717) is 0 Å². The van der Waals surface area contributed by atoms with Crippen molar-refractivity contribution < 1.29 is 13.9 Å². The Labute approximate surface area is 132 Å². The van der Waals surface area contributed by atoms with Crippen LogP contribution in [0, 0.1) is 5.92 Å². The second-order valence-corrected chi connectivity index (χ2v) is 7.31. The van der Waals surface area contributed by atoms with Crippen LogP contribution in [-0.4, -0.2) is 68.4 Å². The molecular weight excluding hydrogens is 288 g/mol. The van der Waals surface area contributed by atoms with E-state index in [4.69, 9.17) is 0 Å². The van der Waals surface area contributed by atoms with Crippen molar-refractivity contribution in [2.75, 3.05) is 27.2 Å². The van der Waals surface area contributed by atoms with E-state index in [1.54, 1.807) is 0 Å². The molecule has 0 saturated carbocycles. The van der Waals surface area contributed by atoms with E-state index in [0.717, 1.165) is 45.2 Å². The number of rotatable bonds is 8. The zero-order valence-electron chi connectivity index (χ0n) is 13.8. The molecule has 0 spiro atoms. The Balaban J connectivity index is 2.90. The van der Waals surface area contributed by atoms with Gasteiger partial charge in [0.2, 0.25) is 0 Å². The molecule has 4 atom stereocenters. The molecular formula is C15H31N2O3S-. The number of aliphatic hydroxyl groups is 1. The molecule has 1 aliphatic heterocycles. The molecule has 126 valence electrons. The number of hydrogen-bond acceptors (Lipinski definition) is 5. The van der Waals surface area contributed by atoms with Crippen molar-refractivity contribution in [1.29, 1.82) is 0 Å². The van der Waals surface area contributed by atoms with E-state index >= 15 is 0 Å². The van der Waals surface area contributed by atoms with Gasteiger partial charge in [-0.1, -0.05) is 20.3 Å². The quantitative estimate of drug-likeness (QED) is 0.685. The van der Waals surface area contributed by atoms with Crippen molar-refractivity contribution in [3.63, 3.8) is 0 Å². The highest BCUT2D eigenvalue weighted by Crippen LogP contribution is 2.29. The van der Waals surface area contributed by atoms with Gasteiger partial charge in [0.1, 0.15) is 0 Å². The third-order valence-electron chi connectivity index (χ3n) is 4.58. The van der Waals surface area contributed by atoms with Crippen LogP contribution in [0.4, 0.5) is 0 Å². The van der Waals surface area contributed by atoms with E-state index in [1.807, 2.05) is 19.0 Å². The third-order valence-corrected chi connectivity index (χ3v) is 5.74. The van der Waals surface area contributed by atoms with Gasteiger partial charge >= 0.3 is 0 Å². The lowest BCUT2D eigenvalue weighted by Crippen LogP contribution is -2.52.